The van der Waals surface area contributed by atoms with Gasteiger partial charge in [-0.2, -0.15) is 0 Å². The minimum absolute atomic E-state index is 0.0270. The first kappa shape index (κ1) is 8.63. The van der Waals surface area contributed by atoms with Gasteiger partial charge in [0.1, 0.15) is 11.6 Å². The maximum Gasteiger partial charge on any atom is 0.165 e. The maximum absolute atomic E-state index is 13.1. The molecule has 0 fully saturated rings. The number of hydrogen-bond donors (Lipinski definition) is 0. The summed E-state index contributed by atoms with van der Waals surface area (Å²) in [7, 11) is 0. The van der Waals surface area contributed by atoms with Crippen LogP contribution in [0.2, 0.25) is 5.02 Å². The van der Waals surface area contributed by atoms with E-state index in [2.05, 4.69) is 0 Å². The lowest BCUT2D eigenvalue weighted by Crippen LogP contribution is -1.97. The number of benzene rings is 1. The molecule has 1 nitrogen and oxygen atoms in total. The fourth-order valence-corrected chi connectivity index (χ4v) is 1.81. The largest absolute Gasteiger partial charge is 0.294 e. The second-order valence-corrected chi connectivity index (χ2v) is 3.31. The molecular formula is C9H5ClF2O. The summed E-state index contributed by atoms with van der Waals surface area (Å²) in [4.78, 5) is 11.2. The second-order valence-electron chi connectivity index (χ2n) is 2.93. The normalized spacial score (nSPS) is 14.8. The zero-order valence-electron chi connectivity index (χ0n) is 6.53. The lowest BCUT2D eigenvalue weighted by Gasteiger charge is -2.02. The molecular weight excluding hydrogens is 198 g/mol. The highest BCUT2D eigenvalue weighted by Crippen LogP contribution is 2.32. The highest BCUT2D eigenvalue weighted by molar-refractivity contribution is 6.34. The molecule has 1 aliphatic rings. The van der Waals surface area contributed by atoms with Crippen molar-refractivity contribution in [2.45, 2.75) is 12.8 Å². The van der Waals surface area contributed by atoms with Gasteiger partial charge in [0.05, 0.1) is 5.02 Å². The molecule has 1 aliphatic carbocycles. The Morgan fingerprint density at radius 1 is 1.23 bits per heavy atom. The maximum atomic E-state index is 13.1. The van der Waals surface area contributed by atoms with E-state index in [1.54, 1.807) is 0 Å². The van der Waals surface area contributed by atoms with E-state index in [1.165, 1.54) is 0 Å². The summed E-state index contributed by atoms with van der Waals surface area (Å²) in [6.07, 6.45) is 0.537. The molecule has 0 atom stereocenters. The van der Waals surface area contributed by atoms with Crippen LogP contribution in [0, 0.1) is 11.6 Å². The van der Waals surface area contributed by atoms with Crippen molar-refractivity contribution in [1.82, 2.24) is 0 Å². The Bertz CT molecular complexity index is 401. The summed E-state index contributed by atoms with van der Waals surface area (Å²) in [6.45, 7) is 0. The molecule has 0 saturated heterocycles. The van der Waals surface area contributed by atoms with Gasteiger partial charge >= 0.3 is 0 Å². The Balaban J connectivity index is 2.77. The fourth-order valence-electron chi connectivity index (χ4n) is 1.53. The predicted octanol–water partition coefficient (Wildman–Crippen LogP) is 2.75. The molecule has 0 unspecified atom stereocenters. The Kier molecular flexibility index (Phi) is 1.84. The van der Waals surface area contributed by atoms with E-state index in [9.17, 15) is 13.6 Å². The van der Waals surface area contributed by atoms with Crippen molar-refractivity contribution in [3.8, 4) is 0 Å². The first-order chi connectivity index (χ1) is 6.11. The predicted molar refractivity (Wildman–Crippen MR) is 44.0 cm³/mol. The summed E-state index contributed by atoms with van der Waals surface area (Å²) < 4.78 is 25.9. The van der Waals surface area contributed by atoms with Gasteiger partial charge in [-0.1, -0.05) is 11.6 Å². The Morgan fingerprint density at radius 2 is 1.92 bits per heavy atom. The van der Waals surface area contributed by atoms with E-state index in [-0.39, 0.29) is 28.4 Å². The lowest BCUT2D eigenvalue weighted by atomic mass is 10.1. The molecule has 0 heterocycles. The SMILES string of the molecule is O=C1CCc2c(F)cc(F)c(Cl)c21. The van der Waals surface area contributed by atoms with E-state index < -0.39 is 11.6 Å². The summed E-state index contributed by atoms with van der Waals surface area (Å²) in [5.41, 5.74) is 0.274. The average molecular weight is 203 g/mol. The number of carbonyl (C=O) groups is 1. The summed E-state index contributed by atoms with van der Waals surface area (Å²) >= 11 is 5.54. The molecule has 2 rings (SSSR count). The molecule has 68 valence electrons. The van der Waals surface area contributed by atoms with Crippen LogP contribution in [0.3, 0.4) is 0 Å². The monoisotopic (exact) mass is 202 g/mol. The molecule has 0 N–H and O–H groups in total. The van der Waals surface area contributed by atoms with E-state index >= 15 is 0 Å². The molecule has 1 aromatic rings. The van der Waals surface area contributed by atoms with E-state index in [0.29, 0.717) is 6.42 Å². The van der Waals surface area contributed by atoms with Crippen LogP contribution in [0.5, 0.6) is 0 Å². The molecule has 0 aliphatic heterocycles. The van der Waals surface area contributed by atoms with Crippen molar-refractivity contribution in [2.75, 3.05) is 0 Å². The molecule has 0 spiro atoms. The van der Waals surface area contributed by atoms with Gasteiger partial charge in [-0.3, -0.25) is 4.79 Å². The van der Waals surface area contributed by atoms with Crippen molar-refractivity contribution in [1.29, 1.82) is 0 Å². The van der Waals surface area contributed by atoms with Gasteiger partial charge in [-0.05, 0) is 6.42 Å². The number of halogens is 3. The Hall–Kier alpha value is -0.960. The van der Waals surface area contributed by atoms with Gasteiger partial charge in [0, 0.05) is 23.6 Å². The van der Waals surface area contributed by atoms with E-state index in [0.717, 1.165) is 6.07 Å². The van der Waals surface area contributed by atoms with Gasteiger partial charge in [0.2, 0.25) is 0 Å². The first-order valence-corrected chi connectivity index (χ1v) is 4.18. The van der Waals surface area contributed by atoms with Crippen LogP contribution in [0.25, 0.3) is 0 Å². The van der Waals surface area contributed by atoms with Crippen LogP contribution in [-0.2, 0) is 6.42 Å². The van der Waals surface area contributed by atoms with Gasteiger partial charge in [-0.15, -0.1) is 0 Å². The van der Waals surface area contributed by atoms with Gasteiger partial charge in [0.15, 0.2) is 5.78 Å². The zero-order chi connectivity index (χ0) is 9.59. The number of carbonyl (C=O) groups excluding carboxylic acids is 1. The molecule has 13 heavy (non-hydrogen) atoms. The minimum Gasteiger partial charge on any atom is -0.294 e. The van der Waals surface area contributed by atoms with Crippen molar-refractivity contribution in [3.05, 3.63) is 33.9 Å². The Labute approximate surface area is 78.3 Å². The van der Waals surface area contributed by atoms with Crippen LogP contribution in [-0.4, -0.2) is 5.78 Å². The molecule has 0 radical (unpaired) electrons. The summed E-state index contributed by atoms with van der Waals surface area (Å²) in [5, 5.41) is -0.251. The topological polar surface area (TPSA) is 17.1 Å². The number of hydrogen-bond acceptors (Lipinski definition) is 1. The molecule has 4 heteroatoms. The van der Waals surface area contributed by atoms with Crippen LogP contribution in [0.1, 0.15) is 22.3 Å². The third-order valence-electron chi connectivity index (χ3n) is 2.15. The van der Waals surface area contributed by atoms with Crippen LogP contribution < -0.4 is 0 Å². The smallest absolute Gasteiger partial charge is 0.165 e. The third-order valence-corrected chi connectivity index (χ3v) is 2.52. The summed E-state index contributed by atoms with van der Waals surface area (Å²) in [6, 6.07) is 0.722. The van der Waals surface area contributed by atoms with Gasteiger partial charge < -0.3 is 0 Å². The first-order valence-electron chi connectivity index (χ1n) is 3.81. The molecule has 0 aromatic heterocycles. The van der Waals surface area contributed by atoms with Crippen molar-refractivity contribution in [2.24, 2.45) is 0 Å². The quantitative estimate of drug-likeness (QED) is 0.592. The minimum atomic E-state index is -0.867. The third kappa shape index (κ3) is 1.15. The lowest BCUT2D eigenvalue weighted by molar-refractivity contribution is 0.0994. The number of rotatable bonds is 0. The number of Topliss-reactive ketones (excluding diaryl/α,β-unsaturated/α-hetero) is 1. The fraction of sp³-hybridized carbons (Fsp3) is 0.222. The highest BCUT2D eigenvalue weighted by atomic mass is 35.5. The van der Waals surface area contributed by atoms with Crippen molar-refractivity contribution >= 4 is 17.4 Å². The zero-order valence-corrected chi connectivity index (χ0v) is 7.29. The molecule has 0 bridgehead atoms. The second kappa shape index (κ2) is 2.77. The average Bonchev–Trinajstić information content (AvgIpc) is 2.44. The van der Waals surface area contributed by atoms with Crippen LogP contribution in [0.4, 0.5) is 8.78 Å². The van der Waals surface area contributed by atoms with Crippen LogP contribution in [0.15, 0.2) is 6.07 Å². The molecule has 1 aromatic carbocycles. The van der Waals surface area contributed by atoms with Crippen molar-refractivity contribution < 1.29 is 13.6 Å². The highest BCUT2D eigenvalue weighted by Gasteiger charge is 2.27. The van der Waals surface area contributed by atoms with Crippen molar-refractivity contribution in [3.63, 3.8) is 0 Å². The standard InChI is InChI=1S/C9H5ClF2O/c10-9-6(12)3-5(11)4-1-2-7(13)8(4)9/h3H,1-2H2. The summed E-state index contributed by atoms with van der Waals surface area (Å²) in [5.74, 6) is -1.82. The van der Waals surface area contributed by atoms with E-state index in [1.807, 2.05) is 0 Å². The Morgan fingerprint density at radius 3 is 2.62 bits per heavy atom. The van der Waals surface area contributed by atoms with Crippen LogP contribution >= 0.6 is 11.6 Å². The van der Waals surface area contributed by atoms with Gasteiger partial charge in [0.25, 0.3) is 0 Å². The van der Waals surface area contributed by atoms with E-state index in [4.69, 9.17) is 11.6 Å². The molecule has 0 saturated carbocycles. The van der Waals surface area contributed by atoms with Gasteiger partial charge in [-0.25, -0.2) is 8.78 Å². The molecule has 0 amide bonds. The number of ketones is 1. The number of fused-ring (bicyclic) bond motifs is 1.